The van der Waals surface area contributed by atoms with Crippen LogP contribution in [-0.4, -0.2) is 38.7 Å². The van der Waals surface area contributed by atoms with E-state index in [1.54, 1.807) is 0 Å². The smallest absolute Gasteiger partial charge is 0.225 e. The van der Waals surface area contributed by atoms with Gasteiger partial charge in [-0.15, -0.1) is 10.2 Å². The summed E-state index contributed by atoms with van der Waals surface area (Å²) in [6.45, 7) is 2.85. The Morgan fingerprint density at radius 2 is 1.71 bits per heavy atom. The minimum Gasteiger partial charge on any atom is -0.342 e. The van der Waals surface area contributed by atoms with Crippen molar-refractivity contribution < 1.29 is 4.79 Å². The summed E-state index contributed by atoms with van der Waals surface area (Å²) in [5.74, 6) is 3.39. The number of rotatable bonds is 2. The van der Waals surface area contributed by atoms with Crippen molar-refractivity contribution in [2.75, 3.05) is 13.1 Å². The Kier molecular flexibility index (Phi) is 4.86. The van der Waals surface area contributed by atoms with Crippen molar-refractivity contribution in [1.29, 1.82) is 0 Å². The molecule has 0 bridgehead atoms. The number of hydrogen-bond donors (Lipinski definition) is 0. The van der Waals surface area contributed by atoms with Gasteiger partial charge in [0.05, 0.1) is 0 Å². The largest absolute Gasteiger partial charge is 0.342 e. The van der Waals surface area contributed by atoms with E-state index >= 15 is 0 Å². The molecule has 1 atom stereocenters. The summed E-state index contributed by atoms with van der Waals surface area (Å²) in [5.41, 5.74) is 0. The first kappa shape index (κ1) is 16.1. The van der Waals surface area contributed by atoms with Crippen molar-refractivity contribution in [2.45, 2.75) is 83.1 Å². The van der Waals surface area contributed by atoms with E-state index in [1.165, 1.54) is 44.3 Å². The van der Waals surface area contributed by atoms with Crippen LogP contribution in [0.1, 0.15) is 81.8 Å². The lowest BCUT2D eigenvalue weighted by Crippen LogP contribution is -2.43. The van der Waals surface area contributed by atoms with E-state index in [9.17, 15) is 4.79 Å². The van der Waals surface area contributed by atoms with Crippen molar-refractivity contribution >= 4 is 5.91 Å². The van der Waals surface area contributed by atoms with Gasteiger partial charge in [0, 0.05) is 37.9 Å². The number of likely N-dealkylation sites (tertiary alicyclic amines) is 1. The molecule has 0 N–H and O–H groups in total. The molecule has 5 nitrogen and oxygen atoms in total. The third kappa shape index (κ3) is 3.22. The minimum absolute atomic E-state index is 0.285. The van der Waals surface area contributed by atoms with Gasteiger partial charge in [0.2, 0.25) is 5.91 Å². The lowest BCUT2D eigenvalue weighted by atomic mass is 9.87. The molecule has 1 aromatic rings. The van der Waals surface area contributed by atoms with Gasteiger partial charge >= 0.3 is 0 Å². The highest BCUT2D eigenvalue weighted by Crippen LogP contribution is 2.31. The second-order valence-corrected chi connectivity index (χ2v) is 7.90. The minimum atomic E-state index is 0.285. The average molecular weight is 330 g/mol. The fourth-order valence-electron chi connectivity index (χ4n) is 4.81. The SMILES string of the molecule is O=C(C1CCCCC1)N1CCCC(c2nnc3n2CCCCC3)C1. The highest BCUT2D eigenvalue weighted by molar-refractivity contribution is 5.79. The van der Waals surface area contributed by atoms with Gasteiger partial charge in [-0.2, -0.15) is 0 Å². The second kappa shape index (κ2) is 7.24. The molecule has 1 unspecified atom stereocenters. The molecule has 3 aliphatic rings. The van der Waals surface area contributed by atoms with Crippen molar-refractivity contribution in [3.8, 4) is 0 Å². The fraction of sp³-hybridized carbons (Fsp3) is 0.842. The molecular weight excluding hydrogens is 300 g/mol. The number of aryl methyl sites for hydroxylation is 1. The molecular formula is C19H30N4O. The van der Waals surface area contributed by atoms with Gasteiger partial charge in [-0.3, -0.25) is 4.79 Å². The molecule has 2 aliphatic heterocycles. The van der Waals surface area contributed by atoms with Crippen LogP contribution in [0.3, 0.4) is 0 Å². The number of aromatic nitrogens is 3. The molecule has 5 heteroatoms. The molecule has 1 aliphatic carbocycles. The maximum Gasteiger partial charge on any atom is 0.225 e. The molecule has 2 fully saturated rings. The summed E-state index contributed by atoms with van der Waals surface area (Å²) in [4.78, 5) is 15.0. The Morgan fingerprint density at radius 1 is 0.875 bits per heavy atom. The van der Waals surface area contributed by atoms with Crippen LogP contribution in [0.25, 0.3) is 0 Å². The van der Waals surface area contributed by atoms with E-state index in [1.807, 2.05) is 0 Å². The molecule has 0 aromatic carbocycles. The molecule has 1 amide bonds. The third-order valence-electron chi connectivity index (χ3n) is 6.19. The van der Waals surface area contributed by atoms with Crippen LogP contribution in [0, 0.1) is 5.92 Å². The monoisotopic (exact) mass is 330 g/mol. The summed E-state index contributed by atoms with van der Waals surface area (Å²) in [6, 6.07) is 0. The predicted molar refractivity (Wildman–Crippen MR) is 92.7 cm³/mol. The Morgan fingerprint density at radius 3 is 2.58 bits per heavy atom. The van der Waals surface area contributed by atoms with E-state index in [0.29, 0.717) is 11.8 Å². The Balaban J connectivity index is 1.47. The van der Waals surface area contributed by atoms with Gasteiger partial charge < -0.3 is 9.47 Å². The Bertz CT molecular complexity index is 576. The van der Waals surface area contributed by atoms with Gasteiger partial charge in [0.1, 0.15) is 11.6 Å². The summed E-state index contributed by atoms with van der Waals surface area (Å²) < 4.78 is 2.37. The highest BCUT2D eigenvalue weighted by atomic mass is 16.2. The molecule has 4 rings (SSSR count). The van der Waals surface area contributed by atoms with E-state index in [4.69, 9.17) is 0 Å². The van der Waals surface area contributed by atoms with Crippen LogP contribution >= 0.6 is 0 Å². The lowest BCUT2D eigenvalue weighted by molar-refractivity contribution is -0.137. The van der Waals surface area contributed by atoms with Crippen LogP contribution in [0.4, 0.5) is 0 Å². The summed E-state index contributed by atoms with van der Waals surface area (Å²) >= 11 is 0. The van der Waals surface area contributed by atoms with Gasteiger partial charge in [-0.1, -0.05) is 25.7 Å². The van der Waals surface area contributed by atoms with E-state index in [0.717, 1.165) is 57.6 Å². The first-order valence-electron chi connectivity index (χ1n) is 10.0. The van der Waals surface area contributed by atoms with E-state index in [-0.39, 0.29) is 5.92 Å². The summed E-state index contributed by atoms with van der Waals surface area (Å²) in [6.07, 6.45) is 13.0. The molecule has 1 saturated carbocycles. The van der Waals surface area contributed by atoms with Gasteiger partial charge in [0.25, 0.3) is 0 Å². The lowest BCUT2D eigenvalue weighted by Gasteiger charge is -2.35. The Hall–Kier alpha value is -1.39. The number of fused-ring (bicyclic) bond motifs is 1. The maximum absolute atomic E-state index is 12.9. The number of hydrogen-bond acceptors (Lipinski definition) is 3. The molecule has 24 heavy (non-hydrogen) atoms. The fourth-order valence-corrected chi connectivity index (χ4v) is 4.81. The van der Waals surface area contributed by atoms with Crippen molar-refractivity contribution in [3.05, 3.63) is 11.6 Å². The zero-order valence-electron chi connectivity index (χ0n) is 14.8. The standard InChI is InChI=1S/C19H30N4O/c24-19(15-8-3-1-4-9-15)22-12-7-10-16(14-22)18-21-20-17-11-5-2-6-13-23(17)18/h15-16H,1-14H2. The third-order valence-corrected chi connectivity index (χ3v) is 6.19. The van der Waals surface area contributed by atoms with E-state index < -0.39 is 0 Å². The Labute approximate surface area is 144 Å². The molecule has 0 spiro atoms. The first-order valence-corrected chi connectivity index (χ1v) is 10.0. The van der Waals surface area contributed by atoms with Gasteiger partial charge in [0.15, 0.2) is 0 Å². The molecule has 1 saturated heterocycles. The zero-order chi connectivity index (χ0) is 16.4. The van der Waals surface area contributed by atoms with Crippen LogP contribution in [0.5, 0.6) is 0 Å². The average Bonchev–Trinajstić information content (AvgIpc) is 2.90. The molecule has 0 radical (unpaired) electrons. The number of amides is 1. The van der Waals surface area contributed by atoms with Crippen molar-refractivity contribution in [2.24, 2.45) is 5.92 Å². The zero-order valence-corrected chi connectivity index (χ0v) is 14.8. The summed E-state index contributed by atoms with van der Waals surface area (Å²) in [5, 5.41) is 9.01. The van der Waals surface area contributed by atoms with Crippen molar-refractivity contribution in [1.82, 2.24) is 19.7 Å². The normalized spacial score (nSPS) is 26.0. The quantitative estimate of drug-likeness (QED) is 0.836. The van der Waals surface area contributed by atoms with E-state index in [2.05, 4.69) is 19.7 Å². The predicted octanol–water partition coefficient (Wildman–Crippen LogP) is 3.29. The molecule has 1 aromatic heterocycles. The number of piperidine rings is 1. The topological polar surface area (TPSA) is 51.0 Å². The first-order chi connectivity index (χ1) is 11.8. The number of carbonyl (C=O) groups is 1. The number of carbonyl (C=O) groups excluding carboxylic acids is 1. The number of nitrogens with zero attached hydrogens (tertiary/aromatic N) is 4. The van der Waals surface area contributed by atoms with Crippen molar-refractivity contribution in [3.63, 3.8) is 0 Å². The van der Waals surface area contributed by atoms with Crippen LogP contribution < -0.4 is 0 Å². The van der Waals surface area contributed by atoms with Crippen LogP contribution in [0.2, 0.25) is 0 Å². The van der Waals surface area contributed by atoms with Gasteiger partial charge in [-0.25, -0.2) is 0 Å². The van der Waals surface area contributed by atoms with Crippen LogP contribution in [-0.2, 0) is 17.8 Å². The van der Waals surface area contributed by atoms with Crippen LogP contribution in [0.15, 0.2) is 0 Å². The second-order valence-electron chi connectivity index (χ2n) is 7.90. The highest BCUT2D eigenvalue weighted by Gasteiger charge is 2.32. The molecule has 3 heterocycles. The molecule has 132 valence electrons. The summed E-state index contributed by atoms with van der Waals surface area (Å²) in [7, 11) is 0. The van der Waals surface area contributed by atoms with Gasteiger partial charge in [-0.05, 0) is 38.5 Å². The maximum atomic E-state index is 12.9.